The van der Waals surface area contributed by atoms with Crippen molar-refractivity contribution in [2.75, 3.05) is 6.61 Å². The number of carbonyl (C=O) groups excluding carboxylic acids is 3. The van der Waals surface area contributed by atoms with E-state index in [0.29, 0.717) is 12.5 Å². The third-order valence-corrected chi connectivity index (χ3v) is 6.67. The molecule has 8 heteroatoms. The summed E-state index contributed by atoms with van der Waals surface area (Å²) in [6.45, 7) is 5.20. The van der Waals surface area contributed by atoms with Gasteiger partial charge in [-0.1, -0.05) is 81.0 Å². The zero-order valence-corrected chi connectivity index (χ0v) is 23.3. The summed E-state index contributed by atoms with van der Waals surface area (Å²) in [5, 5.41) is 33.4. The van der Waals surface area contributed by atoms with Gasteiger partial charge in [-0.3, -0.25) is 9.59 Å². The van der Waals surface area contributed by atoms with E-state index in [2.05, 4.69) is 25.2 Å². The van der Waals surface area contributed by atoms with E-state index in [1.165, 1.54) is 25.3 Å². The number of aliphatic hydroxyl groups is 3. The Kier molecular flexibility index (Phi) is 10.6. The third kappa shape index (κ3) is 7.70. The molecule has 0 radical (unpaired) electrons. The number of Topliss-reactive ketones (excluding diaryl/α,β-unsaturated/α-hetero) is 1. The number of hydrogen-bond donors (Lipinski definition) is 4. The Morgan fingerprint density at radius 2 is 1.80 bits per heavy atom. The standard InChI is InChI=1S/C33H35NO7/c1-4-22(2)12-8-5-6-11-15-25(36)18-29(38)30-28-17-24(16-26(37)21-35)27(31(39)33(28,3)41-32(30)40)20-34-19-23-13-9-7-10-14-23/h5-18,20,22,34-36,38H,4,19,21H2,1-3H3. The molecule has 1 aromatic rings. The maximum Gasteiger partial charge on any atom is 0.343 e. The van der Waals surface area contributed by atoms with Gasteiger partial charge in [-0.2, -0.15) is 0 Å². The highest BCUT2D eigenvalue weighted by atomic mass is 16.6. The lowest BCUT2D eigenvalue weighted by Crippen LogP contribution is -2.41. The van der Waals surface area contributed by atoms with Gasteiger partial charge in [0.05, 0.1) is 0 Å². The van der Waals surface area contributed by atoms with Gasteiger partial charge in [-0.25, -0.2) is 4.79 Å². The van der Waals surface area contributed by atoms with Gasteiger partial charge in [-0.15, -0.1) is 0 Å². The Bertz CT molecular complexity index is 1420. The molecule has 1 saturated heterocycles. The van der Waals surface area contributed by atoms with E-state index in [4.69, 9.17) is 4.74 Å². The van der Waals surface area contributed by atoms with E-state index < -0.39 is 35.5 Å². The van der Waals surface area contributed by atoms with Crippen molar-refractivity contribution in [1.29, 1.82) is 0 Å². The molecule has 0 bridgehead atoms. The lowest BCUT2D eigenvalue weighted by Gasteiger charge is -2.29. The van der Waals surface area contributed by atoms with Crippen LogP contribution in [0.4, 0.5) is 0 Å². The molecule has 1 aliphatic carbocycles. The summed E-state index contributed by atoms with van der Waals surface area (Å²) in [5.41, 5.74) is -0.901. The van der Waals surface area contributed by atoms with E-state index in [1.807, 2.05) is 36.4 Å². The fourth-order valence-corrected chi connectivity index (χ4v) is 4.17. The highest BCUT2D eigenvalue weighted by Crippen LogP contribution is 2.45. The van der Waals surface area contributed by atoms with Crippen LogP contribution >= 0.6 is 0 Å². The molecule has 0 aromatic heterocycles. The van der Waals surface area contributed by atoms with Crippen molar-refractivity contribution in [3.8, 4) is 0 Å². The number of ketones is 2. The Morgan fingerprint density at radius 1 is 1.10 bits per heavy atom. The van der Waals surface area contributed by atoms with Crippen molar-refractivity contribution in [2.24, 2.45) is 5.92 Å². The number of esters is 1. The monoisotopic (exact) mass is 557 g/mol. The Labute approximate surface area is 239 Å². The number of aliphatic hydroxyl groups excluding tert-OH is 3. The van der Waals surface area contributed by atoms with Gasteiger partial charge in [-0.05, 0) is 42.2 Å². The maximum atomic E-state index is 13.6. The minimum atomic E-state index is -1.77. The number of allylic oxidation sites excluding steroid dienone is 9. The molecule has 2 aliphatic rings. The summed E-state index contributed by atoms with van der Waals surface area (Å²) >= 11 is 0. The highest BCUT2D eigenvalue weighted by molar-refractivity contribution is 6.17. The maximum absolute atomic E-state index is 13.6. The van der Waals surface area contributed by atoms with Crippen LogP contribution in [0, 0.1) is 5.92 Å². The first kappa shape index (κ1) is 30.8. The van der Waals surface area contributed by atoms with Crippen LogP contribution < -0.4 is 5.32 Å². The zero-order chi connectivity index (χ0) is 30.0. The number of nitrogens with one attached hydrogen (secondary N) is 1. The predicted octanol–water partition coefficient (Wildman–Crippen LogP) is 4.94. The molecule has 1 fully saturated rings. The second-order valence-electron chi connectivity index (χ2n) is 9.80. The van der Waals surface area contributed by atoms with E-state index in [9.17, 15) is 29.7 Å². The quantitative estimate of drug-likeness (QED) is 0.130. The molecule has 2 unspecified atom stereocenters. The van der Waals surface area contributed by atoms with Gasteiger partial charge >= 0.3 is 5.97 Å². The summed E-state index contributed by atoms with van der Waals surface area (Å²) in [7, 11) is 0. The first-order valence-corrected chi connectivity index (χ1v) is 13.3. The Hall–Kier alpha value is -4.69. The van der Waals surface area contributed by atoms with Crippen LogP contribution in [0.25, 0.3) is 0 Å². The van der Waals surface area contributed by atoms with Gasteiger partial charge in [0, 0.05) is 30.0 Å². The molecule has 1 aliphatic heterocycles. The van der Waals surface area contributed by atoms with Gasteiger partial charge in [0.1, 0.15) is 23.7 Å². The van der Waals surface area contributed by atoms with Crippen LogP contribution in [0.15, 0.2) is 125 Å². The first-order valence-electron chi connectivity index (χ1n) is 13.3. The van der Waals surface area contributed by atoms with Gasteiger partial charge in [0.2, 0.25) is 5.78 Å². The second-order valence-corrected chi connectivity index (χ2v) is 9.80. The summed E-state index contributed by atoms with van der Waals surface area (Å²) < 4.78 is 5.46. The number of rotatable bonds is 11. The van der Waals surface area contributed by atoms with Crippen LogP contribution in [0.5, 0.6) is 0 Å². The fraction of sp³-hybridized carbons (Fsp3) is 0.242. The molecule has 0 saturated carbocycles. The molecule has 8 nitrogen and oxygen atoms in total. The Morgan fingerprint density at radius 3 is 2.49 bits per heavy atom. The summed E-state index contributed by atoms with van der Waals surface area (Å²) in [5.74, 6) is -2.73. The van der Waals surface area contributed by atoms with E-state index in [0.717, 1.165) is 24.1 Å². The molecule has 0 spiro atoms. The van der Waals surface area contributed by atoms with Crippen LogP contribution in [0.2, 0.25) is 0 Å². The van der Waals surface area contributed by atoms with E-state index >= 15 is 0 Å². The number of benzene rings is 1. The summed E-state index contributed by atoms with van der Waals surface area (Å²) in [6, 6.07) is 9.43. The molecule has 1 aromatic carbocycles. The average Bonchev–Trinajstić information content (AvgIpc) is 3.22. The number of hydrogen-bond acceptors (Lipinski definition) is 8. The van der Waals surface area contributed by atoms with Crippen molar-refractivity contribution in [1.82, 2.24) is 5.32 Å². The van der Waals surface area contributed by atoms with Gasteiger partial charge < -0.3 is 25.4 Å². The largest absolute Gasteiger partial charge is 0.508 e. The summed E-state index contributed by atoms with van der Waals surface area (Å²) in [4.78, 5) is 38.6. The van der Waals surface area contributed by atoms with E-state index in [-0.39, 0.29) is 28.1 Å². The van der Waals surface area contributed by atoms with Crippen molar-refractivity contribution in [2.45, 2.75) is 39.3 Å². The molecule has 1 heterocycles. The van der Waals surface area contributed by atoms with Crippen LogP contribution in [0.3, 0.4) is 0 Å². The van der Waals surface area contributed by atoms with Crippen LogP contribution in [0.1, 0.15) is 32.8 Å². The minimum absolute atomic E-state index is 0.0327. The van der Waals surface area contributed by atoms with Crippen molar-refractivity contribution >= 4 is 17.5 Å². The summed E-state index contributed by atoms with van der Waals surface area (Å²) in [6.07, 6.45) is 16.3. The van der Waals surface area contributed by atoms with Gasteiger partial charge in [0.15, 0.2) is 11.4 Å². The van der Waals surface area contributed by atoms with Gasteiger partial charge in [0.25, 0.3) is 0 Å². The third-order valence-electron chi connectivity index (χ3n) is 6.67. The minimum Gasteiger partial charge on any atom is -0.508 e. The van der Waals surface area contributed by atoms with Crippen LogP contribution in [-0.4, -0.2) is 45.1 Å². The molecule has 214 valence electrons. The lowest BCUT2D eigenvalue weighted by atomic mass is 9.76. The fourth-order valence-electron chi connectivity index (χ4n) is 4.17. The number of fused-ring (bicyclic) bond motifs is 1. The second kappa shape index (κ2) is 14.1. The first-order chi connectivity index (χ1) is 19.6. The molecular formula is C33H35NO7. The molecule has 4 N–H and O–H groups in total. The van der Waals surface area contributed by atoms with Crippen LogP contribution in [-0.2, 0) is 25.7 Å². The topological polar surface area (TPSA) is 133 Å². The Balaban J connectivity index is 1.95. The van der Waals surface area contributed by atoms with Crippen molar-refractivity contribution in [3.63, 3.8) is 0 Å². The highest BCUT2D eigenvalue weighted by Gasteiger charge is 2.54. The van der Waals surface area contributed by atoms with E-state index in [1.54, 1.807) is 18.2 Å². The molecular weight excluding hydrogens is 522 g/mol. The lowest BCUT2D eigenvalue weighted by molar-refractivity contribution is -0.151. The number of ether oxygens (including phenoxy) is 1. The smallest absolute Gasteiger partial charge is 0.343 e. The number of carbonyl (C=O) groups is 3. The zero-order valence-electron chi connectivity index (χ0n) is 23.3. The molecule has 3 rings (SSSR count). The predicted molar refractivity (Wildman–Crippen MR) is 156 cm³/mol. The molecule has 2 atom stereocenters. The van der Waals surface area contributed by atoms with Crippen molar-refractivity contribution < 1.29 is 34.4 Å². The molecule has 0 amide bonds. The van der Waals surface area contributed by atoms with Crippen molar-refractivity contribution in [3.05, 3.63) is 131 Å². The SMILES string of the molecule is CCC(C)C=CC=CC=CC(O)=CC(O)=C1C(=O)OC2(C)C(=O)C(=CNCc3ccccc3)C(=CC(=O)CO)C=C12. The average molecular weight is 558 g/mol. The molecule has 41 heavy (non-hydrogen) atoms. The normalized spacial score (nSPS) is 23.4.